The summed E-state index contributed by atoms with van der Waals surface area (Å²) in [4.78, 5) is 18.6. The quantitative estimate of drug-likeness (QED) is 0.829. The molecule has 0 aliphatic heterocycles. The summed E-state index contributed by atoms with van der Waals surface area (Å²) in [6.45, 7) is 0.452. The van der Waals surface area contributed by atoms with Crippen LogP contribution in [0.4, 0.5) is 13.2 Å². The van der Waals surface area contributed by atoms with Crippen molar-refractivity contribution in [1.29, 1.82) is 0 Å². The van der Waals surface area contributed by atoms with E-state index in [0.717, 1.165) is 0 Å². The zero-order valence-electron chi connectivity index (χ0n) is 10.6. The van der Waals surface area contributed by atoms with E-state index in [1.807, 2.05) is 0 Å². The van der Waals surface area contributed by atoms with Crippen LogP contribution in [0, 0.1) is 0 Å². The van der Waals surface area contributed by atoms with Crippen LogP contribution >= 0.6 is 0 Å². The van der Waals surface area contributed by atoms with E-state index in [1.54, 1.807) is 24.3 Å². The van der Waals surface area contributed by atoms with E-state index < -0.39 is 12.6 Å². The number of aromatic amines is 1. The van der Waals surface area contributed by atoms with Crippen molar-refractivity contribution >= 4 is 10.9 Å². The normalized spacial score (nSPS) is 11.9. The number of hydrogen-bond acceptors (Lipinski definition) is 3. The Kier molecular flexibility index (Phi) is 4.39. The molecule has 0 saturated carbocycles. The fraction of sp³-hybridized carbons (Fsp3) is 0.385. The number of nitrogens with zero attached hydrogens (tertiary/aromatic N) is 1. The van der Waals surface area contributed by atoms with Gasteiger partial charge in [-0.25, -0.2) is 4.98 Å². The third kappa shape index (κ3) is 4.06. The Balaban J connectivity index is 1.92. The van der Waals surface area contributed by atoms with E-state index in [2.05, 4.69) is 15.3 Å². The minimum Gasteiger partial charge on any atom is -0.310 e. The van der Waals surface area contributed by atoms with Crippen LogP contribution in [0.1, 0.15) is 18.7 Å². The number of aromatic nitrogens is 2. The highest BCUT2D eigenvalue weighted by atomic mass is 19.4. The Bertz CT molecular complexity index is 637. The number of para-hydroxylation sites is 1. The molecule has 4 nitrogen and oxygen atoms in total. The third-order valence-corrected chi connectivity index (χ3v) is 2.77. The fourth-order valence-corrected chi connectivity index (χ4v) is 1.84. The van der Waals surface area contributed by atoms with Crippen LogP contribution in [0.25, 0.3) is 10.9 Å². The number of hydrogen-bond donors (Lipinski definition) is 2. The van der Waals surface area contributed by atoms with Crippen LogP contribution in [0.5, 0.6) is 0 Å². The lowest BCUT2D eigenvalue weighted by Crippen LogP contribution is -2.21. The standard InChI is InChI=1S/C13H14F3N3O/c14-13(15,16)6-3-7-17-8-11-18-10-5-2-1-4-9(10)12(20)19-11/h1-2,4-5,17H,3,6-8H2,(H,18,19,20). The van der Waals surface area contributed by atoms with Gasteiger partial charge in [0, 0.05) is 6.42 Å². The molecule has 0 radical (unpaired) electrons. The molecule has 0 aliphatic carbocycles. The summed E-state index contributed by atoms with van der Waals surface area (Å²) in [5, 5.41) is 3.33. The maximum atomic E-state index is 11.9. The number of nitrogens with one attached hydrogen (secondary N) is 2. The molecule has 2 aromatic rings. The van der Waals surface area contributed by atoms with Crippen LogP contribution < -0.4 is 10.9 Å². The first-order valence-electron chi connectivity index (χ1n) is 6.21. The van der Waals surface area contributed by atoms with Gasteiger partial charge in [0.25, 0.3) is 5.56 Å². The van der Waals surface area contributed by atoms with Gasteiger partial charge in [-0.1, -0.05) is 12.1 Å². The predicted molar refractivity (Wildman–Crippen MR) is 69.4 cm³/mol. The van der Waals surface area contributed by atoms with E-state index in [-0.39, 0.29) is 25.1 Å². The van der Waals surface area contributed by atoms with Gasteiger partial charge in [0.05, 0.1) is 17.4 Å². The van der Waals surface area contributed by atoms with Gasteiger partial charge in [-0.2, -0.15) is 13.2 Å². The fourth-order valence-electron chi connectivity index (χ4n) is 1.84. The number of alkyl halides is 3. The monoisotopic (exact) mass is 285 g/mol. The summed E-state index contributed by atoms with van der Waals surface area (Å²) < 4.78 is 35.8. The molecule has 1 aromatic heterocycles. The van der Waals surface area contributed by atoms with E-state index in [4.69, 9.17) is 0 Å². The van der Waals surface area contributed by atoms with Crippen molar-refractivity contribution < 1.29 is 13.2 Å². The van der Waals surface area contributed by atoms with Crippen LogP contribution in [0.2, 0.25) is 0 Å². The maximum Gasteiger partial charge on any atom is 0.389 e. The summed E-state index contributed by atoms with van der Waals surface area (Å²) >= 11 is 0. The number of rotatable bonds is 5. The molecule has 1 aromatic carbocycles. The van der Waals surface area contributed by atoms with Gasteiger partial charge in [0.1, 0.15) is 5.82 Å². The summed E-state index contributed by atoms with van der Waals surface area (Å²) in [5.74, 6) is 0.417. The molecular formula is C13H14F3N3O. The van der Waals surface area contributed by atoms with E-state index >= 15 is 0 Å². The molecule has 0 spiro atoms. The van der Waals surface area contributed by atoms with Crippen molar-refractivity contribution in [3.8, 4) is 0 Å². The zero-order valence-corrected chi connectivity index (χ0v) is 10.6. The first kappa shape index (κ1) is 14.5. The van der Waals surface area contributed by atoms with Crippen LogP contribution in [0.3, 0.4) is 0 Å². The highest BCUT2D eigenvalue weighted by molar-refractivity contribution is 5.77. The molecule has 0 fully saturated rings. The molecule has 108 valence electrons. The minimum absolute atomic E-state index is 0.00130. The first-order valence-corrected chi connectivity index (χ1v) is 6.21. The molecule has 0 atom stereocenters. The summed E-state index contributed by atoms with van der Waals surface area (Å²) in [5.41, 5.74) is 0.325. The molecule has 2 N–H and O–H groups in total. The van der Waals surface area contributed by atoms with Crippen LogP contribution in [-0.2, 0) is 6.54 Å². The van der Waals surface area contributed by atoms with E-state index in [1.165, 1.54) is 0 Å². The average Bonchev–Trinajstić information content (AvgIpc) is 2.37. The number of halogens is 3. The second kappa shape index (κ2) is 6.04. The molecule has 20 heavy (non-hydrogen) atoms. The Morgan fingerprint density at radius 3 is 2.75 bits per heavy atom. The summed E-state index contributed by atoms with van der Waals surface area (Å²) in [6.07, 6.45) is -4.94. The molecule has 1 heterocycles. The van der Waals surface area contributed by atoms with Crippen molar-refractivity contribution in [3.05, 3.63) is 40.4 Å². The molecular weight excluding hydrogens is 271 g/mol. The first-order chi connectivity index (χ1) is 9.46. The maximum absolute atomic E-state index is 11.9. The SMILES string of the molecule is O=c1[nH]c(CNCCCC(F)(F)F)nc2ccccc12. The van der Waals surface area contributed by atoms with Gasteiger partial charge >= 0.3 is 6.18 Å². The van der Waals surface area contributed by atoms with Crippen molar-refractivity contribution in [2.45, 2.75) is 25.6 Å². The van der Waals surface area contributed by atoms with Crippen molar-refractivity contribution in [1.82, 2.24) is 15.3 Å². The molecule has 2 rings (SSSR count). The second-order valence-electron chi connectivity index (χ2n) is 4.43. The largest absolute Gasteiger partial charge is 0.389 e. The lowest BCUT2D eigenvalue weighted by molar-refractivity contribution is -0.135. The number of fused-ring (bicyclic) bond motifs is 1. The van der Waals surface area contributed by atoms with Crippen LogP contribution in [-0.4, -0.2) is 22.7 Å². The number of benzene rings is 1. The Morgan fingerprint density at radius 1 is 1.25 bits per heavy atom. The van der Waals surface area contributed by atoms with Gasteiger partial charge in [0.15, 0.2) is 0 Å². The van der Waals surface area contributed by atoms with Gasteiger partial charge in [-0.3, -0.25) is 4.79 Å². The second-order valence-corrected chi connectivity index (χ2v) is 4.43. The molecule has 0 bridgehead atoms. The molecule has 0 aliphatic rings. The van der Waals surface area contributed by atoms with Gasteiger partial charge in [0.2, 0.25) is 0 Å². The molecule has 7 heteroatoms. The zero-order chi connectivity index (χ0) is 14.6. The van der Waals surface area contributed by atoms with Gasteiger partial charge < -0.3 is 10.3 Å². The highest BCUT2D eigenvalue weighted by Gasteiger charge is 2.25. The average molecular weight is 285 g/mol. The predicted octanol–water partition coefficient (Wildman–Crippen LogP) is 2.36. The third-order valence-electron chi connectivity index (χ3n) is 2.77. The Labute approximate surface area is 113 Å². The van der Waals surface area contributed by atoms with Crippen molar-refractivity contribution in [3.63, 3.8) is 0 Å². The van der Waals surface area contributed by atoms with Crippen LogP contribution in [0.15, 0.2) is 29.1 Å². The Morgan fingerprint density at radius 2 is 2.00 bits per heavy atom. The van der Waals surface area contributed by atoms with Crippen molar-refractivity contribution in [2.75, 3.05) is 6.54 Å². The minimum atomic E-state index is -4.13. The molecule has 0 saturated heterocycles. The highest BCUT2D eigenvalue weighted by Crippen LogP contribution is 2.20. The van der Waals surface area contributed by atoms with Gasteiger partial charge in [-0.05, 0) is 25.1 Å². The summed E-state index contributed by atoms with van der Waals surface area (Å²) in [6, 6.07) is 6.91. The van der Waals surface area contributed by atoms with Gasteiger partial charge in [-0.15, -0.1) is 0 Å². The summed E-state index contributed by atoms with van der Waals surface area (Å²) in [7, 11) is 0. The van der Waals surface area contributed by atoms with Crippen molar-refractivity contribution in [2.24, 2.45) is 0 Å². The smallest absolute Gasteiger partial charge is 0.310 e. The topological polar surface area (TPSA) is 57.8 Å². The van der Waals surface area contributed by atoms with E-state index in [9.17, 15) is 18.0 Å². The lowest BCUT2D eigenvalue weighted by Gasteiger charge is -2.07. The molecule has 0 amide bonds. The number of H-pyrrole nitrogens is 1. The Hall–Kier alpha value is -1.89. The lowest BCUT2D eigenvalue weighted by atomic mass is 10.2. The van der Waals surface area contributed by atoms with E-state index in [0.29, 0.717) is 16.7 Å². The molecule has 0 unspecified atom stereocenters.